The van der Waals surface area contributed by atoms with Crippen LogP contribution in [-0.4, -0.2) is 5.78 Å². The normalized spacial score (nSPS) is 12.2. The molecule has 0 aliphatic carbocycles. The van der Waals surface area contributed by atoms with Crippen LogP contribution in [0.5, 0.6) is 0 Å². The molecule has 0 amide bonds. The Balaban J connectivity index is 3.28. The van der Waals surface area contributed by atoms with Gasteiger partial charge in [0.1, 0.15) is 5.78 Å². The van der Waals surface area contributed by atoms with Gasteiger partial charge in [-0.25, -0.2) is 0 Å². The molecule has 0 aliphatic rings. The topological polar surface area (TPSA) is 17.1 Å². The molecule has 0 bridgehead atoms. The van der Waals surface area contributed by atoms with Crippen molar-refractivity contribution >= 4 is 5.78 Å². The van der Waals surface area contributed by atoms with Crippen LogP contribution in [0, 0.1) is 0 Å². The van der Waals surface area contributed by atoms with Gasteiger partial charge < -0.3 is 0 Å². The molecule has 0 saturated heterocycles. The molecule has 0 rings (SSSR count). The lowest BCUT2D eigenvalue weighted by Crippen LogP contribution is -1.97. The highest BCUT2D eigenvalue weighted by Gasteiger charge is 2.02. The van der Waals surface area contributed by atoms with Gasteiger partial charge in [0, 0.05) is 12.8 Å². The Labute approximate surface area is 303 Å². The van der Waals surface area contributed by atoms with Gasteiger partial charge in [-0.15, -0.1) is 0 Å². The fraction of sp³-hybridized carbons (Fsp3) is 0.809. The molecule has 0 atom stereocenters. The minimum absolute atomic E-state index is 0.503. The van der Waals surface area contributed by atoms with Gasteiger partial charge in [0.05, 0.1) is 0 Å². The molecule has 48 heavy (non-hydrogen) atoms. The van der Waals surface area contributed by atoms with Crippen LogP contribution in [0.3, 0.4) is 0 Å². The summed E-state index contributed by atoms with van der Waals surface area (Å²) in [6.45, 7) is 4.56. The Morgan fingerprint density at radius 2 is 0.521 bits per heavy atom. The monoisotopic (exact) mass is 667 g/mol. The van der Waals surface area contributed by atoms with Gasteiger partial charge in [0.25, 0.3) is 0 Å². The van der Waals surface area contributed by atoms with Gasteiger partial charge in [0.2, 0.25) is 0 Å². The third-order valence-corrected chi connectivity index (χ3v) is 9.81. The molecule has 0 saturated carbocycles. The number of rotatable bonds is 40. The zero-order valence-electron chi connectivity index (χ0n) is 33.0. The fourth-order valence-corrected chi connectivity index (χ4v) is 6.51. The molecular weight excluding hydrogens is 581 g/mol. The molecule has 0 spiro atoms. The van der Waals surface area contributed by atoms with Crippen LogP contribution in [0.25, 0.3) is 0 Å². The molecule has 0 heterocycles. The second kappa shape index (κ2) is 43.7. The highest BCUT2D eigenvalue weighted by Crippen LogP contribution is 2.15. The first kappa shape index (κ1) is 46.6. The van der Waals surface area contributed by atoms with Crippen molar-refractivity contribution in [1.82, 2.24) is 0 Å². The van der Waals surface area contributed by atoms with Gasteiger partial charge in [-0.05, 0) is 77.0 Å². The summed E-state index contributed by atoms with van der Waals surface area (Å²) in [5.41, 5.74) is 0. The molecule has 280 valence electrons. The number of Topliss-reactive ketones (excluding diaryl/α,β-unsaturated/α-hetero) is 1. The van der Waals surface area contributed by atoms with Crippen LogP contribution >= 0.6 is 0 Å². The first-order valence-corrected chi connectivity index (χ1v) is 21.9. The lowest BCUT2D eigenvalue weighted by molar-refractivity contribution is -0.119. The van der Waals surface area contributed by atoms with Crippen molar-refractivity contribution in [2.45, 2.75) is 245 Å². The summed E-state index contributed by atoms with van der Waals surface area (Å²) in [5.74, 6) is 0.503. The average Bonchev–Trinajstić information content (AvgIpc) is 3.09. The van der Waals surface area contributed by atoms with E-state index in [-0.39, 0.29) is 0 Å². The van der Waals surface area contributed by atoms with E-state index in [2.05, 4.69) is 62.5 Å². The van der Waals surface area contributed by atoms with Crippen LogP contribution in [-0.2, 0) is 4.79 Å². The fourth-order valence-electron chi connectivity index (χ4n) is 6.51. The lowest BCUT2D eigenvalue weighted by Gasteiger charge is -2.03. The van der Waals surface area contributed by atoms with E-state index in [1.54, 1.807) is 0 Å². The van der Waals surface area contributed by atoms with Gasteiger partial charge in [-0.2, -0.15) is 0 Å². The minimum atomic E-state index is 0.503. The van der Waals surface area contributed by atoms with Crippen molar-refractivity contribution < 1.29 is 4.79 Å². The summed E-state index contributed by atoms with van der Waals surface area (Å²) in [6.07, 6.45) is 65.4. The highest BCUT2D eigenvalue weighted by atomic mass is 16.1. The number of unbranched alkanes of at least 4 members (excludes halogenated alkanes) is 28. The summed E-state index contributed by atoms with van der Waals surface area (Å²) < 4.78 is 0. The summed E-state index contributed by atoms with van der Waals surface area (Å²) in [5, 5.41) is 0. The maximum atomic E-state index is 12.2. The summed E-state index contributed by atoms with van der Waals surface area (Å²) in [6, 6.07) is 0. The third kappa shape index (κ3) is 42.7. The Bertz CT molecular complexity index is 725. The van der Waals surface area contributed by atoms with Crippen molar-refractivity contribution in [3.8, 4) is 0 Å². The maximum Gasteiger partial charge on any atom is 0.132 e. The quantitative estimate of drug-likeness (QED) is 0.0470. The van der Waals surface area contributed by atoms with E-state index in [1.807, 2.05) is 0 Å². The van der Waals surface area contributed by atoms with E-state index < -0.39 is 0 Å². The van der Waals surface area contributed by atoms with E-state index in [0.717, 1.165) is 38.5 Å². The van der Waals surface area contributed by atoms with Crippen molar-refractivity contribution in [2.75, 3.05) is 0 Å². The van der Waals surface area contributed by atoms with Gasteiger partial charge in [-0.3, -0.25) is 4.79 Å². The van der Waals surface area contributed by atoms with Gasteiger partial charge in [-0.1, -0.05) is 204 Å². The summed E-state index contributed by atoms with van der Waals surface area (Å²) in [4.78, 5) is 12.2. The minimum Gasteiger partial charge on any atom is -0.300 e. The summed E-state index contributed by atoms with van der Waals surface area (Å²) in [7, 11) is 0. The molecule has 0 fully saturated rings. The average molecular weight is 667 g/mol. The second-order valence-electron chi connectivity index (χ2n) is 14.7. The van der Waals surface area contributed by atoms with Crippen LogP contribution in [0.15, 0.2) is 48.6 Å². The van der Waals surface area contributed by atoms with E-state index in [9.17, 15) is 4.79 Å². The molecule has 0 unspecified atom stereocenters. The van der Waals surface area contributed by atoms with E-state index >= 15 is 0 Å². The Morgan fingerprint density at radius 1 is 0.292 bits per heavy atom. The Hall–Kier alpha value is -1.37. The van der Waals surface area contributed by atoms with Crippen LogP contribution in [0.4, 0.5) is 0 Å². The van der Waals surface area contributed by atoms with Crippen molar-refractivity contribution in [3.05, 3.63) is 48.6 Å². The second-order valence-corrected chi connectivity index (χ2v) is 14.7. The number of carbonyl (C=O) groups excluding carboxylic acids is 1. The Kier molecular flexibility index (Phi) is 42.4. The molecule has 0 aromatic rings. The number of allylic oxidation sites excluding steroid dienone is 8. The van der Waals surface area contributed by atoms with Gasteiger partial charge in [0.15, 0.2) is 0 Å². The first-order chi connectivity index (χ1) is 23.8. The standard InChI is InChI=1S/C47H86O/c1-3-5-7-9-11-13-15-17-19-21-22-23-24-25-26-27-28-29-30-32-34-36-38-40-42-44-46-47(48)45-43-41-39-37-35-33-31-20-18-16-14-12-10-8-6-4-2/h12,14,18,20,26-27,29-30H,3-11,13,15-17,19,21-25,28,31-46H2,1-2H3/b14-12-,20-18-,27-26-,30-29-. The molecule has 1 heteroatoms. The number of hydrogen-bond acceptors (Lipinski definition) is 1. The van der Waals surface area contributed by atoms with E-state index in [1.165, 1.54) is 193 Å². The first-order valence-electron chi connectivity index (χ1n) is 21.9. The number of ketones is 1. The number of carbonyl (C=O) groups is 1. The molecule has 0 radical (unpaired) electrons. The van der Waals surface area contributed by atoms with Crippen LogP contribution < -0.4 is 0 Å². The SMILES string of the molecule is CCCCC/C=C\C/C=C\CCCCCCCCC(=O)CCCCCCCC/C=C\C/C=C\CCCCCCCCCCCCCCC. The highest BCUT2D eigenvalue weighted by molar-refractivity contribution is 5.78. The zero-order valence-corrected chi connectivity index (χ0v) is 33.0. The third-order valence-electron chi connectivity index (χ3n) is 9.81. The predicted octanol–water partition coefficient (Wildman–Crippen LogP) is 16.9. The molecule has 1 nitrogen and oxygen atoms in total. The van der Waals surface area contributed by atoms with Crippen LogP contribution in [0.1, 0.15) is 245 Å². The molecule has 0 aliphatic heterocycles. The maximum absolute atomic E-state index is 12.2. The van der Waals surface area contributed by atoms with Crippen molar-refractivity contribution in [3.63, 3.8) is 0 Å². The van der Waals surface area contributed by atoms with E-state index in [0.29, 0.717) is 5.78 Å². The molecule has 0 N–H and O–H groups in total. The van der Waals surface area contributed by atoms with Crippen molar-refractivity contribution in [2.24, 2.45) is 0 Å². The van der Waals surface area contributed by atoms with Crippen molar-refractivity contribution in [1.29, 1.82) is 0 Å². The van der Waals surface area contributed by atoms with Crippen LogP contribution in [0.2, 0.25) is 0 Å². The lowest BCUT2D eigenvalue weighted by atomic mass is 10.0. The van der Waals surface area contributed by atoms with Gasteiger partial charge >= 0.3 is 0 Å². The Morgan fingerprint density at radius 3 is 0.833 bits per heavy atom. The molecule has 0 aromatic carbocycles. The number of hydrogen-bond donors (Lipinski definition) is 0. The zero-order chi connectivity index (χ0) is 34.7. The largest absolute Gasteiger partial charge is 0.300 e. The van der Waals surface area contributed by atoms with E-state index in [4.69, 9.17) is 0 Å². The molecule has 0 aromatic heterocycles. The summed E-state index contributed by atoms with van der Waals surface area (Å²) >= 11 is 0. The smallest absolute Gasteiger partial charge is 0.132 e. The predicted molar refractivity (Wildman–Crippen MR) is 219 cm³/mol. The molecular formula is C47H86O.